The Labute approximate surface area is 121 Å². The van der Waals surface area contributed by atoms with E-state index < -0.39 is 5.97 Å². The molecule has 0 aliphatic heterocycles. The molecule has 0 aliphatic carbocycles. The first-order valence-electron chi connectivity index (χ1n) is 5.51. The molecular formula is C12H14Cl2N2O3. The first kappa shape index (κ1) is 15.6. The predicted molar refractivity (Wildman–Crippen MR) is 74.5 cm³/mol. The van der Waals surface area contributed by atoms with Gasteiger partial charge in [0.1, 0.15) is 6.54 Å². The molecule has 19 heavy (non-hydrogen) atoms. The van der Waals surface area contributed by atoms with Gasteiger partial charge in [0.2, 0.25) is 0 Å². The van der Waals surface area contributed by atoms with Gasteiger partial charge in [0, 0.05) is 12.1 Å². The molecule has 2 N–H and O–H groups in total. The number of amides is 1. The van der Waals surface area contributed by atoms with E-state index in [4.69, 9.17) is 28.9 Å². The fraction of sp³-hybridized carbons (Fsp3) is 0.333. The van der Waals surface area contributed by atoms with Gasteiger partial charge in [-0.1, -0.05) is 23.2 Å². The summed E-state index contributed by atoms with van der Waals surface area (Å²) in [7, 11) is 1.26. The van der Waals surface area contributed by atoms with E-state index >= 15 is 0 Å². The maximum atomic E-state index is 12.2. The molecule has 0 fully saturated rings. The Bertz CT molecular complexity index is 483. The van der Waals surface area contributed by atoms with Crippen LogP contribution in [0.5, 0.6) is 0 Å². The highest BCUT2D eigenvalue weighted by atomic mass is 35.5. The van der Waals surface area contributed by atoms with Crippen molar-refractivity contribution < 1.29 is 14.3 Å². The predicted octanol–water partition coefficient (Wildman–Crippen LogP) is 2.21. The lowest BCUT2D eigenvalue weighted by Crippen LogP contribution is -2.36. The third-order valence-corrected chi connectivity index (χ3v) is 3.34. The number of benzene rings is 1. The van der Waals surface area contributed by atoms with E-state index in [1.807, 2.05) is 0 Å². The van der Waals surface area contributed by atoms with Gasteiger partial charge < -0.3 is 15.4 Å². The summed E-state index contributed by atoms with van der Waals surface area (Å²) in [5.41, 5.74) is 6.14. The summed E-state index contributed by atoms with van der Waals surface area (Å²) in [6.07, 6.45) is 0. The molecule has 0 bridgehead atoms. The van der Waals surface area contributed by atoms with Crippen LogP contribution in [0, 0.1) is 0 Å². The smallest absolute Gasteiger partial charge is 0.325 e. The molecule has 1 amide bonds. The van der Waals surface area contributed by atoms with Crippen molar-refractivity contribution in [3.8, 4) is 0 Å². The molecule has 0 atom stereocenters. The molecule has 1 aromatic rings. The quantitative estimate of drug-likeness (QED) is 0.684. The zero-order valence-electron chi connectivity index (χ0n) is 10.6. The van der Waals surface area contributed by atoms with Crippen LogP contribution in [-0.2, 0) is 9.53 Å². The molecule has 1 rings (SSSR count). The normalized spacial score (nSPS) is 10.1. The molecule has 7 heteroatoms. The Morgan fingerprint density at radius 1 is 1.37 bits per heavy atom. The Hall–Kier alpha value is -1.46. The molecule has 0 saturated heterocycles. The summed E-state index contributed by atoms with van der Waals surface area (Å²) < 4.78 is 4.53. The first-order chi connectivity index (χ1) is 8.90. The number of nitrogens with zero attached hydrogens (tertiary/aromatic N) is 1. The summed E-state index contributed by atoms with van der Waals surface area (Å²) in [6, 6.07) is 2.85. The minimum atomic E-state index is -0.497. The maximum absolute atomic E-state index is 12.2. The molecule has 0 spiro atoms. The molecule has 0 aliphatic rings. The minimum absolute atomic E-state index is 0.133. The molecule has 0 radical (unpaired) electrons. The lowest BCUT2D eigenvalue weighted by Gasteiger charge is -2.20. The average molecular weight is 305 g/mol. The van der Waals surface area contributed by atoms with E-state index in [1.54, 1.807) is 6.92 Å². The third-order valence-electron chi connectivity index (χ3n) is 2.52. The molecule has 104 valence electrons. The number of carbonyl (C=O) groups excluding carboxylic acids is 2. The molecule has 5 nitrogen and oxygen atoms in total. The topological polar surface area (TPSA) is 72.6 Å². The minimum Gasteiger partial charge on any atom is -0.468 e. The maximum Gasteiger partial charge on any atom is 0.325 e. The van der Waals surface area contributed by atoms with Crippen molar-refractivity contribution in [2.24, 2.45) is 0 Å². The average Bonchev–Trinajstić information content (AvgIpc) is 2.40. The van der Waals surface area contributed by atoms with Crippen LogP contribution in [0.1, 0.15) is 17.3 Å². The molecule has 0 saturated carbocycles. The fourth-order valence-corrected chi connectivity index (χ4v) is 1.80. The summed E-state index contributed by atoms with van der Waals surface area (Å²) in [4.78, 5) is 24.7. The number of carbonyl (C=O) groups is 2. The van der Waals surface area contributed by atoms with Gasteiger partial charge >= 0.3 is 5.97 Å². The third kappa shape index (κ3) is 3.75. The van der Waals surface area contributed by atoms with Gasteiger partial charge in [0.15, 0.2) is 0 Å². The molecular weight excluding hydrogens is 291 g/mol. The Kier molecular flexibility index (Phi) is 5.44. The van der Waals surface area contributed by atoms with Gasteiger partial charge in [-0.3, -0.25) is 9.59 Å². The Morgan fingerprint density at radius 3 is 2.47 bits per heavy atom. The van der Waals surface area contributed by atoms with Crippen LogP contribution in [-0.4, -0.2) is 37.0 Å². The number of nitrogen functional groups attached to an aromatic ring is 1. The lowest BCUT2D eigenvalue weighted by atomic mass is 10.1. The fourth-order valence-electron chi connectivity index (χ4n) is 1.46. The number of esters is 1. The second kappa shape index (κ2) is 6.63. The zero-order chi connectivity index (χ0) is 14.6. The van der Waals surface area contributed by atoms with Gasteiger partial charge in [-0.2, -0.15) is 0 Å². The number of halogens is 2. The van der Waals surface area contributed by atoms with E-state index in [0.717, 1.165) is 0 Å². The van der Waals surface area contributed by atoms with Gasteiger partial charge in [-0.15, -0.1) is 0 Å². The van der Waals surface area contributed by atoms with Gasteiger partial charge in [0.25, 0.3) is 5.91 Å². The lowest BCUT2D eigenvalue weighted by molar-refractivity contribution is -0.141. The van der Waals surface area contributed by atoms with Crippen molar-refractivity contribution in [2.45, 2.75) is 6.92 Å². The number of hydrogen-bond acceptors (Lipinski definition) is 4. The van der Waals surface area contributed by atoms with Gasteiger partial charge in [-0.05, 0) is 19.1 Å². The van der Waals surface area contributed by atoms with E-state index in [0.29, 0.717) is 6.54 Å². The van der Waals surface area contributed by atoms with Crippen molar-refractivity contribution in [1.29, 1.82) is 0 Å². The SMILES string of the molecule is CCN(CC(=O)OC)C(=O)c1cc(N)c(Cl)c(Cl)c1. The van der Waals surface area contributed by atoms with Crippen molar-refractivity contribution in [3.05, 3.63) is 27.7 Å². The zero-order valence-corrected chi connectivity index (χ0v) is 12.1. The largest absolute Gasteiger partial charge is 0.468 e. The van der Waals surface area contributed by atoms with Crippen LogP contribution >= 0.6 is 23.2 Å². The van der Waals surface area contributed by atoms with Crippen molar-refractivity contribution in [1.82, 2.24) is 4.90 Å². The molecule has 0 unspecified atom stereocenters. The van der Waals surface area contributed by atoms with Crippen LogP contribution in [0.2, 0.25) is 10.0 Å². The van der Waals surface area contributed by atoms with Crippen molar-refractivity contribution in [3.63, 3.8) is 0 Å². The van der Waals surface area contributed by atoms with E-state index in [2.05, 4.69) is 4.74 Å². The number of ether oxygens (including phenoxy) is 1. The number of nitrogens with two attached hydrogens (primary N) is 1. The van der Waals surface area contributed by atoms with Crippen LogP contribution < -0.4 is 5.73 Å². The highest BCUT2D eigenvalue weighted by Crippen LogP contribution is 2.29. The number of hydrogen-bond donors (Lipinski definition) is 1. The van der Waals surface area contributed by atoms with Gasteiger partial charge in [-0.25, -0.2) is 0 Å². The second-order valence-electron chi connectivity index (χ2n) is 3.76. The highest BCUT2D eigenvalue weighted by Gasteiger charge is 2.19. The summed E-state index contributed by atoms with van der Waals surface area (Å²) in [5.74, 6) is -0.860. The van der Waals surface area contributed by atoms with Crippen LogP contribution in [0.3, 0.4) is 0 Å². The summed E-state index contributed by atoms with van der Waals surface area (Å²) in [5, 5.41) is 0.397. The van der Waals surface area contributed by atoms with Crippen molar-refractivity contribution in [2.75, 3.05) is 25.9 Å². The standard InChI is InChI=1S/C12H14Cl2N2O3/c1-3-16(6-10(17)19-2)12(18)7-4-8(13)11(14)9(15)5-7/h4-5H,3,6,15H2,1-2H3. The van der Waals surface area contributed by atoms with Crippen LogP contribution in [0.4, 0.5) is 5.69 Å². The molecule has 1 aromatic carbocycles. The summed E-state index contributed by atoms with van der Waals surface area (Å²) in [6.45, 7) is 1.97. The number of likely N-dealkylation sites (N-methyl/N-ethyl adjacent to an activating group) is 1. The highest BCUT2D eigenvalue weighted by molar-refractivity contribution is 6.43. The molecule has 0 aromatic heterocycles. The van der Waals surface area contributed by atoms with E-state index in [9.17, 15) is 9.59 Å². The Balaban J connectivity index is 3.01. The summed E-state index contributed by atoms with van der Waals surface area (Å²) >= 11 is 11.7. The van der Waals surface area contributed by atoms with E-state index in [-0.39, 0.29) is 33.7 Å². The molecule has 0 heterocycles. The van der Waals surface area contributed by atoms with Crippen LogP contribution in [0.25, 0.3) is 0 Å². The second-order valence-corrected chi connectivity index (χ2v) is 4.54. The van der Waals surface area contributed by atoms with Gasteiger partial charge in [0.05, 0.1) is 22.8 Å². The monoisotopic (exact) mass is 304 g/mol. The van der Waals surface area contributed by atoms with Crippen molar-refractivity contribution >= 4 is 40.8 Å². The van der Waals surface area contributed by atoms with E-state index in [1.165, 1.54) is 24.1 Å². The number of anilines is 1. The van der Waals surface area contributed by atoms with Crippen LogP contribution in [0.15, 0.2) is 12.1 Å². The number of rotatable bonds is 4. The Morgan fingerprint density at radius 2 is 2.00 bits per heavy atom. The number of methoxy groups -OCH3 is 1. The first-order valence-corrected chi connectivity index (χ1v) is 6.26.